The van der Waals surface area contributed by atoms with Gasteiger partial charge in [0.15, 0.2) is 5.78 Å². The van der Waals surface area contributed by atoms with Crippen LogP contribution in [0.25, 0.3) is 0 Å². The minimum Gasteiger partial charge on any atom is -0.506 e. The molecule has 0 aliphatic heterocycles. The summed E-state index contributed by atoms with van der Waals surface area (Å²) in [5.74, 6) is -1.20. The number of hydrogen-bond acceptors (Lipinski definition) is 10. The highest BCUT2D eigenvalue weighted by molar-refractivity contribution is 14.1. The molecule has 0 heterocycles. The lowest BCUT2D eigenvalue weighted by Gasteiger charge is -2.28. The molecule has 8 N–H and O–H groups in total. The fourth-order valence-corrected chi connectivity index (χ4v) is 11.8. The highest BCUT2D eigenvalue weighted by Crippen LogP contribution is 2.39. The average molecular weight is 1290 g/mol. The number of nitrogens with one attached hydrogen (secondary N) is 1. The molecule has 0 fully saturated rings. The summed E-state index contributed by atoms with van der Waals surface area (Å²) in [7, 11) is 0. The quantitative estimate of drug-likeness (QED) is 0.109. The van der Waals surface area contributed by atoms with Crippen LogP contribution in [0.1, 0.15) is 40.5 Å². The van der Waals surface area contributed by atoms with Gasteiger partial charge in [-0.3, -0.25) is 14.4 Å². The number of phenolic OH excluding ortho intramolecular Hbond substituents is 1. The summed E-state index contributed by atoms with van der Waals surface area (Å²) in [5, 5.41) is 68.3. The molecule has 2 aromatic carbocycles. The lowest BCUT2D eigenvalue weighted by atomic mass is 10.00. The van der Waals surface area contributed by atoms with Crippen molar-refractivity contribution < 1.29 is 50.1 Å². The van der Waals surface area contributed by atoms with Gasteiger partial charge in [-0.1, -0.05) is 0 Å². The molecule has 0 saturated carbocycles. The summed E-state index contributed by atoms with van der Waals surface area (Å²) < 4.78 is 3.89. The van der Waals surface area contributed by atoms with Gasteiger partial charge in [-0.15, -0.1) is 0 Å². The average Bonchev–Trinajstić information content (AvgIpc) is 2.96. The zero-order valence-electron chi connectivity index (χ0n) is 22.9. The van der Waals surface area contributed by atoms with Crippen LogP contribution in [0.15, 0.2) is 12.1 Å². The van der Waals surface area contributed by atoms with Crippen LogP contribution < -0.4 is 10.2 Å². The predicted octanol–water partition coefficient (Wildman–Crippen LogP) is 2.81. The standard InChI is InChI=1S/C20H27I3N2O9.C6H3I3O/c1-9(29)25(5-12(32)8-28)19-17(22)14(13(33)3-2-10(30)6-26)16(21)15(18(19)23)20(34)24-4-11(31)7-27;7-3-1-4(8)6(10)5(9)2-3/h10-12,26-28,30-32H,2-8H2,1H3,(H,24,34);1-2,10H. The van der Waals surface area contributed by atoms with Crippen LogP contribution in [0.3, 0.4) is 0 Å². The molecule has 0 aromatic heterocycles. The summed E-state index contributed by atoms with van der Waals surface area (Å²) in [5.41, 5.74) is 0.373. The van der Waals surface area contributed by atoms with Gasteiger partial charge in [0, 0.05) is 36.2 Å². The molecule has 0 spiro atoms. The number of hydrogen-bond donors (Lipinski definition) is 8. The molecular weight excluding hydrogens is 1260 g/mol. The summed E-state index contributed by atoms with van der Waals surface area (Å²) in [4.78, 5) is 39.8. The molecule has 0 saturated heterocycles. The number of carbonyl (C=O) groups is 3. The van der Waals surface area contributed by atoms with E-state index in [-0.39, 0.29) is 46.3 Å². The van der Waals surface area contributed by atoms with Gasteiger partial charge in [0.25, 0.3) is 5.91 Å². The maximum Gasteiger partial charge on any atom is 0.253 e. The molecule has 2 amide bonds. The van der Waals surface area contributed by atoms with Crippen LogP contribution in [0.5, 0.6) is 5.75 Å². The van der Waals surface area contributed by atoms with Crippen LogP contribution in [-0.4, -0.2) is 105 Å². The fourth-order valence-electron chi connectivity index (χ4n) is 3.39. The molecule has 246 valence electrons. The number of Topliss-reactive ketones (excluding diaryl/α,β-unsaturated/α-hetero) is 1. The molecule has 3 atom stereocenters. The van der Waals surface area contributed by atoms with E-state index in [0.29, 0.717) is 12.9 Å². The van der Waals surface area contributed by atoms with Crippen molar-refractivity contribution in [3.05, 3.63) is 44.7 Å². The molecule has 0 bridgehead atoms. The minimum absolute atomic E-state index is 0.0211. The Hall–Kier alpha value is 0.990. The third-order valence-corrected chi connectivity index (χ3v) is 11.1. The van der Waals surface area contributed by atoms with E-state index < -0.39 is 55.7 Å². The van der Waals surface area contributed by atoms with E-state index in [2.05, 4.69) is 73.1 Å². The van der Waals surface area contributed by atoms with E-state index in [4.69, 9.17) is 10.2 Å². The van der Waals surface area contributed by atoms with Gasteiger partial charge < -0.3 is 46.0 Å². The Kier molecular flexibility index (Phi) is 20.7. The normalized spacial score (nSPS) is 12.9. The lowest BCUT2D eigenvalue weighted by molar-refractivity contribution is -0.117. The highest BCUT2D eigenvalue weighted by Gasteiger charge is 2.32. The number of carbonyl (C=O) groups excluding carboxylic acids is 3. The number of phenols is 1. The van der Waals surface area contributed by atoms with E-state index in [1.165, 1.54) is 11.8 Å². The monoisotopic (exact) mass is 1290 g/mol. The maximum absolute atomic E-state index is 13.1. The van der Waals surface area contributed by atoms with E-state index in [0.717, 1.165) is 10.7 Å². The van der Waals surface area contributed by atoms with Crippen molar-refractivity contribution in [1.29, 1.82) is 0 Å². The van der Waals surface area contributed by atoms with Gasteiger partial charge >= 0.3 is 0 Å². The zero-order valence-corrected chi connectivity index (χ0v) is 35.9. The SMILES string of the molecule is CC(=O)N(CC(O)CO)c1c(I)c(C(=O)CCC(O)CO)c(I)c(C(=O)NCC(O)CO)c1I.Oc1c(I)cc(I)cc1I. The fraction of sp³-hybridized carbons (Fsp3) is 0.423. The van der Waals surface area contributed by atoms with Crippen molar-refractivity contribution in [1.82, 2.24) is 5.32 Å². The molecule has 0 radical (unpaired) electrons. The van der Waals surface area contributed by atoms with E-state index in [1.54, 1.807) is 0 Å². The number of halogens is 6. The second-order valence-corrected chi connectivity index (χ2v) is 15.9. The Morgan fingerprint density at radius 2 is 1.30 bits per heavy atom. The second kappa shape index (κ2) is 21.2. The number of aliphatic hydroxyl groups is 6. The topological polar surface area (TPSA) is 208 Å². The van der Waals surface area contributed by atoms with Crippen LogP contribution in [-0.2, 0) is 4.79 Å². The van der Waals surface area contributed by atoms with Crippen molar-refractivity contribution in [3.8, 4) is 5.75 Å². The summed E-state index contributed by atoms with van der Waals surface area (Å²) >= 11 is 12.0. The van der Waals surface area contributed by atoms with E-state index in [1.807, 2.05) is 79.9 Å². The van der Waals surface area contributed by atoms with Crippen molar-refractivity contribution in [2.24, 2.45) is 0 Å². The van der Waals surface area contributed by atoms with Crippen molar-refractivity contribution >= 4 is 159 Å². The first-order valence-corrected chi connectivity index (χ1v) is 19.0. The molecule has 2 aromatic rings. The Morgan fingerprint density at radius 3 is 1.77 bits per heavy atom. The molecule has 18 heteroatoms. The Bertz CT molecular complexity index is 1260. The zero-order chi connectivity index (χ0) is 33.9. The first-order chi connectivity index (χ1) is 20.5. The van der Waals surface area contributed by atoms with Crippen molar-refractivity contribution in [3.63, 3.8) is 0 Å². The number of nitrogens with zero attached hydrogens (tertiary/aromatic N) is 1. The Morgan fingerprint density at radius 1 is 0.795 bits per heavy atom. The minimum atomic E-state index is -1.27. The first kappa shape index (κ1) is 43.0. The third kappa shape index (κ3) is 12.8. The summed E-state index contributed by atoms with van der Waals surface area (Å²) in [6.45, 7) is -1.00. The Labute approximate surface area is 336 Å². The third-order valence-electron chi connectivity index (χ3n) is 5.66. The second-order valence-electron chi connectivity index (χ2n) is 9.07. The van der Waals surface area contributed by atoms with Gasteiger partial charge in [-0.05, 0) is 154 Å². The number of benzene rings is 2. The highest BCUT2D eigenvalue weighted by atomic mass is 127. The van der Waals surface area contributed by atoms with Gasteiger partial charge in [0.05, 0.1) is 66.6 Å². The van der Waals surface area contributed by atoms with E-state index in [9.17, 15) is 39.9 Å². The maximum atomic E-state index is 13.1. The number of anilines is 1. The molecule has 3 unspecified atom stereocenters. The Balaban J connectivity index is 0.000000813. The number of amides is 2. The lowest BCUT2D eigenvalue weighted by Crippen LogP contribution is -2.40. The molecule has 0 aliphatic carbocycles. The predicted molar refractivity (Wildman–Crippen MR) is 214 cm³/mol. The van der Waals surface area contributed by atoms with Gasteiger partial charge in [0.2, 0.25) is 5.91 Å². The van der Waals surface area contributed by atoms with Gasteiger partial charge in [0.1, 0.15) is 5.75 Å². The van der Waals surface area contributed by atoms with Crippen LogP contribution in [0.2, 0.25) is 0 Å². The smallest absolute Gasteiger partial charge is 0.253 e. The van der Waals surface area contributed by atoms with Gasteiger partial charge in [-0.25, -0.2) is 0 Å². The molecular formula is C26H30I6N2O10. The molecule has 0 aliphatic rings. The van der Waals surface area contributed by atoms with Crippen LogP contribution in [0, 0.1) is 21.4 Å². The summed E-state index contributed by atoms with van der Waals surface area (Å²) in [6.07, 6.45) is -3.73. The number of ketones is 1. The van der Waals surface area contributed by atoms with Crippen LogP contribution >= 0.6 is 136 Å². The van der Waals surface area contributed by atoms with E-state index >= 15 is 0 Å². The largest absolute Gasteiger partial charge is 0.506 e. The van der Waals surface area contributed by atoms with Crippen LogP contribution in [0.4, 0.5) is 5.69 Å². The number of aromatic hydroxyl groups is 1. The van der Waals surface area contributed by atoms with Crippen molar-refractivity contribution in [2.45, 2.75) is 38.1 Å². The first-order valence-electron chi connectivity index (χ1n) is 12.5. The molecule has 44 heavy (non-hydrogen) atoms. The van der Waals surface area contributed by atoms with Crippen molar-refractivity contribution in [2.75, 3.05) is 37.8 Å². The number of rotatable bonds is 13. The summed E-state index contributed by atoms with van der Waals surface area (Å²) in [6, 6.07) is 3.89. The number of aliphatic hydroxyl groups excluding tert-OH is 6. The molecule has 2 rings (SSSR count). The van der Waals surface area contributed by atoms with Gasteiger partial charge in [-0.2, -0.15) is 0 Å². The molecule has 12 nitrogen and oxygen atoms in total.